The minimum atomic E-state index is -1.30. The smallest absolute Gasteiger partial charge is 0.414 e. The standard InChI is InChI=1S/C28H29N7O4/c1-33(2)14-22-17(16-8-11-39-15-16)4-5-23(32-22)31-21-12-30-25(20-13-35(28(37)38)27(36)24(20)21)18-6-9-29-26-19(18)7-10-34(26)3/h4-7,9-10,12,16H,8,11,13-15H2,1-3H3,(H,31,32)(H,37,38). The molecule has 6 rings (SSSR count). The lowest BCUT2D eigenvalue weighted by atomic mass is 9.96. The van der Waals surface area contributed by atoms with Crippen LogP contribution in [0.3, 0.4) is 0 Å². The Labute approximate surface area is 225 Å². The number of carboxylic acid groups (broad SMARTS) is 1. The van der Waals surface area contributed by atoms with Gasteiger partial charge in [-0.3, -0.25) is 9.78 Å². The zero-order valence-electron chi connectivity index (χ0n) is 22.0. The molecule has 1 atom stereocenters. The molecule has 2 aliphatic heterocycles. The molecule has 1 unspecified atom stereocenters. The molecule has 2 amide bonds. The maximum Gasteiger partial charge on any atom is 0.414 e. The van der Waals surface area contributed by atoms with Crippen molar-refractivity contribution in [2.75, 3.05) is 32.6 Å². The van der Waals surface area contributed by atoms with Crippen LogP contribution in [0.15, 0.2) is 42.9 Å². The number of amides is 2. The SMILES string of the molecule is CN(C)Cc1nc(Nc2cnc(-c3ccnc4c3ccn4C)c3c2C(=O)N(C(=O)O)C3)ccc1C1CCOC1. The molecule has 11 nitrogen and oxygen atoms in total. The average molecular weight is 528 g/mol. The summed E-state index contributed by atoms with van der Waals surface area (Å²) in [5, 5.41) is 13.9. The Hall–Kier alpha value is -4.35. The molecular formula is C28H29N7O4. The minimum absolute atomic E-state index is 0.0854. The molecule has 200 valence electrons. The molecule has 1 fully saturated rings. The number of ether oxygens (including phenoxy) is 1. The van der Waals surface area contributed by atoms with E-state index in [9.17, 15) is 14.7 Å². The summed E-state index contributed by atoms with van der Waals surface area (Å²) in [7, 11) is 5.89. The lowest BCUT2D eigenvalue weighted by molar-refractivity contribution is 0.0764. The number of carbonyl (C=O) groups is 2. The van der Waals surface area contributed by atoms with E-state index in [1.807, 2.05) is 50.1 Å². The van der Waals surface area contributed by atoms with Crippen molar-refractivity contribution in [1.29, 1.82) is 0 Å². The van der Waals surface area contributed by atoms with Crippen LogP contribution in [0.2, 0.25) is 0 Å². The molecule has 0 aromatic carbocycles. The number of nitrogens with zero attached hydrogens (tertiary/aromatic N) is 6. The Bertz CT molecular complexity index is 1610. The van der Waals surface area contributed by atoms with Crippen LogP contribution in [0, 0.1) is 0 Å². The molecule has 4 aromatic rings. The van der Waals surface area contributed by atoms with Crippen LogP contribution in [0.4, 0.5) is 16.3 Å². The quantitative estimate of drug-likeness (QED) is 0.383. The highest BCUT2D eigenvalue weighted by Crippen LogP contribution is 2.39. The third kappa shape index (κ3) is 4.39. The molecule has 0 radical (unpaired) electrons. The van der Waals surface area contributed by atoms with Crippen LogP contribution in [0.25, 0.3) is 22.3 Å². The fourth-order valence-electron chi connectivity index (χ4n) is 5.47. The first-order valence-corrected chi connectivity index (χ1v) is 12.8. The normalized spacial score (nSPS) is 16.9. The molecule has 0 spiro atoms. The zero-order valence-corrected chi connectivity index (χ0v) is 22.0. The highest BCUT2D eigenvalue weighted by atomic mass is 16.5. The number of hydrogen-bond donors (Lipinski definition) is 2. The largest absolute Gasteiger partial charge is 0.465 e. The summed E-state index contributed by atoms with van der Waals surface area (Å²) in [4.78, 5) is 42.3. The average Bonchev–Trinajstić information content (AvgIpc) is 3.64. The summed E-state index contributed by atoms with van der Waals surface area (Å²) >= 11 is 0. The van der Waals surface area contributed by atoms with Crippen LogP contribution in [-0.2, 0) is 24.9 Å². The van der Waals surface area contributed by atoms with Gasteiger partial charge in [0.25, 0.3) is 5.91 Å². The Morgan fingerprint density at radius 1 is 1.23 bits per heavy atom. The van der Waals surface area contributed by atoms with Crippen LogP contribution in [0.1, 0.15) is 39.5 Å². The van der Waals surface area contributed by atoms with Gasteiger partial charge >= 0.3 is 6.09 Å². The predicted molar refractivity (Wildman–Crippen MR) is 145 cm³/mol. The van der Waals surface area contributed by atoms with Gasteiger partial charge in [0, 0.05) is 55.0 Å². The third-order valence-electron chi connectivity index (χ3n) is 7.32. The number of aryl methyl sites for hydroxylation is 1. The van der Waals surface area contributed by atoms with Crippen molar-refractivity contribution in [3.05, 3.63) is 65.2 Å². The van der Waals surface area contributed by atoms with Gasteiger partial charge < -0.3 is 24.6 Å². The van der Waals surface area contributed by atoms with Gasteiger partial charge in [0.2, 0.25) is 0 Å². The van der Waals surface area contributed by atoms with Gasteiger partial charge in [0.1, 0.15) is 11.5 Å². The lowest BCUT2D eigenvalue weighted by Crippen LogP contribution is -2.29. The second kappa shape index (κ2) is 9.75. The van der Waals surface area contributed by atoms with E-state index in [0.29, 0.717) is 41.8 Å². The van der Waals surface area contributed by atoms with E-state index in [0.717, 1.165) is 45.8 Å². The Morgan fingerprint density at radius 2 is 2.08 bits per heavy atom. The van der Waals surface area contributed by atoms with Crippen LogP contribution in [0.5, 0.6) is 0 Å². The second-order valence-corrected chi connectivity index (χ2v) is 10.2. The maximum atomic E-state index is 13.4. The summed E-state index contributed by atoms with van der Waals surface area (Å²) in [5.74, 6) is 0.269. The van der Waals surface area contributed by atoms with Gasteiger partial charge in [-0.05, 0) is 44.3 Å². The molecule has 0 aliphatic carbocycles. The third-order valence-corrected chi connectivity index (χ3v) is 7.32. The molecule has 11 heteroatoms. The number of carbonyl (C=O) groups excluding carboxylic acids is 1. The van der Waals surface area contributed by atoms with E-state index in [1.54, 1.807) is 12.4 Å². The van der Waals surface area contributed by atoms with Gasteiger partial charge in [-0.25, -0.2) is 19.7 Å². The molecule has 2 aliphatic rings. The van der Waals surface area contributed by atoms with E-state index in [2.05, 4.69) is 21.3 Å². The predicted octanol–water partition coefficient (Wildman–Crippen LogP) is 3.97. The topological polar surface area (TPSA) is 126 Å². The Balaban J connectivity index is 1.44. The number of hydrogen-bond acceptors (Lipinski definition) is 8. The highest BCUT2D eigenvalue weighted by molar-refractivity contribution is 6.11. The number of aromatic nitrogens is 4. The number of anilines is 2. The van der Waals surface area contributed by atoms with Gasteiger partial charge in [0.05, 0.1) is 42.0 Å². The van der Waals surface area contributed by atoms with E-state index < -0.39 is 12.0 Å². The summed E-state index contributed by atoms with van der Waals surface area (Å²) in [5.41, 5.74) is 5.47. The molecular weight excluding hydrogens is 498 g/mol. The first-order chi connectivity index (χ1) is 18.8. The van der Waals surface area contributed by atoms with E-state index in [4.69, 9.17) is 14.7 Å². The van der Waals surface area contributed by atoms with Gasteiger partial charge in [-0.2, -0.15) is 0 Å². The van der Waals surface area contributed by atoms with Crippen molar-refractivity contribution >= 4 is 34.5 Å². The van der Waals surface area contributed by atoms with Gasteiger partial charge in [-0.15, -0.1) is 0 Å². The van der Waals surface area contributed by atoms with E-state index in [-0.39, 0.29) is 12.1 Å². The fraction of sp³-hybridized carbons (Fsp3) is 0.321. The summed E-state index contributed by atoms with van der Waals surface area (Å²) in [6, 6.07) is 7.73. The van der Waals surface area contributed by atoms with Gasteiger partial charge in [-0.1, -0.05) is 6.07 Å². The molecule has 0 bridgehead atoms. The molecule has 0 saturated carbocycles. The van der Waals surface area contributed by atoms with Crippen LogP contribution < -0.4 is 5.32 Å². The molecule has 1 saturated heterocycles. The van der Waals surface area contributed by atoms with Crippen molar-refractivity contribution < 1.29 is 19.4 Å². The van der Waals surface area contributed by atoms with Crippen LogP contribution in [-0.4, -0.2) is 73.7 Å². The number of imide groups is 1. The summed E-state index contributed by atoms with van der Waals surface area (Å²) in [6.45, 7) is 1.98. The van der Waals surface area contributed by atoms with Crippen molar-refractivity contribution in [3.8, 4) is 11.3 Å². The first-order valence-electron chi connectivity index (χ1n) is 12.8. The van der Waals surface area contributed by atoms with Crippen LogP contribution >= 0.6 is 0 Å². The Kier molecular flexibility index (Phi) is 6.24. The Morgan fingerprint density at radius 3 is 2.82 bits per heavy atom. The number of pyridine rings is 3. The monoisotopic (exact) mass is 527 g/mol. The number of fused-ring (bicyclic) bond motifs is 2. The zero-order chi connectivity index (χ0) is 27.3. The molecule has 39 heavy (non-hydrogen) atoms. The first kappa shape index (κ1) is 25.0. The van der Waals surface area contributed by atoms with E-state index in [1.165, 1.54) is 0 Å². The molecule has 2 N–H and O–H groups in total. The number of rotatable bonds is 6. The fourth-order valence-corrected chi connectivity index (χ4v) is 5.47. The van der Waals surface area contributed by atoms with Crippen molar-refractivity contribution in [2.45, 2.75) is 25.4 Å². The highest BCUT2D eigenvalue weighted by Gasteiger charge is 2.37. The molecule has 4 aromatic heterocycles. The summed E-state index contributed by atoms with van der Waals surface area (Å²) in [6.07, 6.45) is 4.83. The van der Waals surface area contributed by atoms with E-state index >= 15 is 0 Å². The lowest BCUT2D eigenvalue weighted by Gasteiger charge is -2.19. The van der Waals surface area contributed by atoms with Crippen molar-refractivity contribution in [1.82, 2.24) is 29.3 Å². The van der Waals surface area contributed by atoms with Crippen molar-refractivity contribution in [3.63, 3.8) is 0 Å². The minimum Gasteiger partial charge on any atom is -0.465 e. The number of nitrogens with one attached hydrogen (secondary N) is 1. The maximum absolute atomic E-state index is 13.4. The van der Waals surface area contributed by atoms with Crippen molar-refractivity contribution in [2.24, 2.45) is 7.05 Å². The second-order valence-electron chi connectivity index (χ2n) is 10.2. The molecule has 6 heterocycles. The summed E-state index contributed by atoms with van der Waals surface area (Å²) < 4.78 is 7.51. The van der Waals surface area contributed by atoms with Gasteiger partial charge in [0.15, 0.2) is 0 Å².